The second kappa shape index (κ2) is 9.32. The summed E-state index contributed by atoms with van der Waals surface area (Å²) in [6.45, 7) is 5.78. The van der Waals surface area contributed by atoms with Crippen LogP contribution in [-0.4, -0.2) is 67.5 Å². The first-order valence-electron chi connectivity index (χ1n) is 11.1. The molecule has 0 spiro atoms. The van der Waals surface area contributed by atoms with Gasteiger partial charge in [0.15, 0.2) is 11.6 Å². The fraction of sp³-hybridized carbons (Fsp3) is 0.591. The van der Waals surface area contributed by atoms with Crippen molar-refractivity contribution in [1.82, 2.24) is 10.6 Å². The van der Waals surface area contributed by atoms with E-state index in [1.54, 1.807) is 25.7 Å². The molecule has 2 N–H and O–H groups in total. The van der Waals surface area contributed by atoms with Gasteiger partial charge in [-0.15, -0.1) is 0 Å². The molecule has 0 radical (unpaired) electrons. The molecular formula is C22H26F4N4O4S. The van der Waals surface area contributed by atoms with Gasteiger partial charge < -0.3 is 25.0 Å². The van der Waals surface area contributed by atoms with Gasteiger partial charge in [-0.25, -0.2) is 27.2 Å². The lowest BCUT2D eigenvalue weighted by Crippen LogP contribution is -2.38. The molecule has 1 aliphatic carbocycles. The zero-order valence-electron chi connectivity index (χ0n) is 19.3. The SMILES string of the molecule is CC(C)(C)OC(=O)NC1[C@H]2CN(c3c(F)cc(N4C[C@H](CNC(=S)C(F)F)OC4=O)cc3F)C[C@@H]12. The molecule has 4 atom stereocenters. The predicted molar refractivity (Wildman–Crippen MR) is 123 cm³/mol. The van der Waals surface area contributed by atoms with Crippen LogP contribution in [0.15, 0.2) is 12.1 Å². The molecule has 1 saturated carbocycles. The zero-order chi connectivity index (χ0) is 25.7. The highest BCUT2D eigenvalue weighted by atomic mass is 32.1. The summed E-state index contributed by atoms with van der Waals surface area (Å²) in [7, 11) is 0. The molecule has 192 valence electrons. The molecule has 2 saturated heterocycles. The van der Waals surface area contributed by atoms with Crippen LogP contribution in [0.1, 0.15) is 20.8 Å². The number of benzene rings is 1. The maximum absolute atomic E-state index is 15.0. The Kier molecular flexibility index (Phi) is 6.73. The summed E-state index contributed by atoms with van der Waals surface area (Å²) in [5.74, 6) is -1.57. The van der Waals surface area contributed by atoms with Gasteiger partial charge >= 0.3 is 12.2 Å². The van der Waals surface area contributed by atoms with Crippen LogP contribution >= 0.6 is 12.2 Å². The number of ether oxygens (including phenoxy) is 2. The standard InChI is InChI=1S/C22H26F4N4O4S/c1-22(2,3)34-20(31)28-16-12-8-29(9-13(12)16)17-14(23)4-10(5-15(17)24)30-7-11(33-21(30)32)6-27-19(35)18(25)26/h4-5,11-13,16,18H,6-9H2,1-3H3,(H,27,35)(H,28,31)/t11-,12-,13+,16?/m0/s1. The maximum atomic E-state index is 15.0. The number of amides is 2. The lowest BCUT2D eigenvalue weighted by molar-refractivity contribution is 0.0518. The van der Waals surface area contributed by atoms with Crippen molar-refractivity contribution in [3.8, 4) is 0 Å². The number of hydrogen-bond donors (Lipinski definition) is 2. The first-order valence-corrected chi connectivity index (χ1v) is 11.5. The number of hydrogen-bond acceptors (Lipinski definition) is 6. The Morgan fingerprint density at radius 2 is 1.80 bits per heavy atom. The predicted octanol–water partition coefficient (Wildman–Crippen LogP) is 3.43. The number of rotatable bonds is 6. The molecule has 3 fully saturated rings. The van der Waals surface area contributed by atoms with Gasteiger partial charge in [0.1, 0.15) is 22.4 Å². The van der Waals surface area contributed by atoms with Gasteiger partial charge in [0.25, 0.3) is 6.43 Å². The number of cyclic esters (lactones) is 1. The minimum absolute atomic E-state index is 0.0403. The van der Waals surface area contributed by atoms with Crippen molar-refractivity contribution in [3.63, 3.8) is 0 Å². The van der Waals surface area contributed by atoms with Gasteiger partial charge in [-0.3, -0.25) is 4.90 Å². The van der Waals surface area contributed by atoms with Gasteiger partial charge in [-0.2, -0.15) is 0 Å². The number of alkyl carbamates (subject to hydrolysis) is 1. The monoisotopic (exact) mass is 518 g/mol. The van der Waals surface area contributed by atoms with Gasteiger partial charge in [-0.1, -0.05) is 12.2 Å². The van der Waals surface area contributed by atoms with E-state index in [-0.39, 0.29) is 42.3 Å². The highest BCUT2D eigenvalue weighted by Gasteiger charge is 2.57. The number of fused-ring (bicyclic) bond motifs is 1. The number of thiocarbonyl (C=S) groups is 1. The summed E-state index contributed by atoms with van der Waals surface area (Å²) in [5, 5.41) is 5.11. The fourth-order valence-electron chi connectivity index (χ4n) is 4.51. The highest BCUT2D eigenvalue weighted by molar-refractivity contribution is 7.80. The quantitative estimate of drug-likeness (QED) is 0.441. The molecule has 1 aromatic carbocycles. The van der Waals surface area contributed by atoms with Crippen LogP contribution in [0.4, 0.5) is 38.5 Å². The second-order valence-electron chi connectivity index (χ2n) is 9.82. The number of carbonyl (C=O) groups is 2. The van der Waals surface area contributed by atoms with E-state index in [4.69, 9.17) is 9.47 Å². The van der Waals surface area contributed by atoms with E-state index < -0.39 is 46.9 Å². The van der Waals surface area contributed by atoms with Crippen LogP contribution in [0, 0.1) is 23.5 Å². The minimum atomic E-state index is -2.84. The number of alkyl halides is 2. The summed E-state index contributed by atoms with van der Waals surface area (Å²) >= 11 is 4.48. The van der Waals surface area contributed by atoms with Crippen molar-refractivity contribution in [2.45, 2.75) is 44.9 Å². The molecule has 4 rings (SSSR count). The van der Waals surface area contributed by atoms with Crippen molar-refractivity contribution in [2.24, 2.45) is 11.8 Å². The van der Waals surface area contributed by atoms with Gasteiger partial charge in [0.05, 0.1) is 18.8 Å². The van der Waals surface area contributed by atoms with Crippen molar-refractivity contribution >= 4 is 40.8 Å². The molecule has 35 heavy (non-hydrogen) atoms. The summed E-state index contributed by atoms with van der Waals surface area (Å²) < 4.78 is 65.3. The molecule has 1 aromatic rings. The lowest BCUT2D eigenvalue weighted by atomic mass is 10.2. The van der Waals surface area contributed by atoms with Crippen molar-refractivity contribution < 1.29 is 36.6 Å². The number of anilines is 2. The molecule has 0 bridgehead atoms. The van der Waals surface area contributed by atoms with Gasteiger partial charge in [0, 0.05) is 43.1 Å². The maximum Gasteiger partial charge on any atom is 0.414 e. The summed E-state index contributed by atoms with van der Waals surface area (Å²) in [6, 6.07) is 1.98. The van der Waals surface area contributed by atoms with Crippen LogP contribution in [0.2, 0.25) is 0 Å². The van der Waals surface area contributed by atoms with Crippen LogP contribution in [0.25, 0.3) is 0 Å². The Hall–Kier alpha value is -2.83. The average Bonchev–Trinajstić information content (AvgIpc) is 3.06. The van der Waals surface area contributed by atoms with Crippen molar-refractivity contribution in [1.29, 1.82) is 0 Å². The smallest absolute Gasteiger partial charge is 0.414 e. The van der Waals surface area contributed by atoms with E-state index in [0.717, 1.165) is 17.0 Å². The van der Waals surface area contributed by atoms with E-state index in [2.05, 4.69) is 22.9 Å². The number of piperidine rings is 1. The normalized spacial score (nSPS) is 25.4. The zero-order valence-corrected chi connectivity index (χ0v) is 20.1. The van der Waals surface area contributed by atoms with E-state index in [1.165, 1.54) is 0 Å². The molecule has 13 heteroatoms. The summed E-state index contributed by atoms with van der Waals surface area (Å²) in [5.41, 5.74) is -0.864. The summed E-state index contributed by atoms with van der Waals surface area (Å²) in [6.07, 6.45) is -5.02. The molecule has 3 aliphatic rings. The largest absolute Gasteiger partial charge is 0.444 e. The van der Waals surface area contributed by atoms with Crippen LogP contribution in [0.5, 0.6) is 0 Å². The van der Waals surface area contributed by atoms with Gasteiger partial charge in [-0.05, 0) is 20.8 Å². The number of carbonyl (C=O) groups excluding carboxylic acids is 2. The Labute approximate surface area is 204 Å². The number of nitrogens with one attached hydrogen (secondary N) is 2. The Bertz CT molecular complexity index is 1000. The molecule has 0 aromatic heterocycles. The minimum Gasteiger partial charge on any atom is -0.444 e. The van der Waals surface area contributed by atoms with Crippen LogP contribution in [0.3, 0.4) is 0 Å². The van der Waals surface area contributed by atoms with Crippen LogP contribution < -0.4 is 20.4 Å². The van der Waals surface area contributed by atoms with Crippen molar-refractivity contribution in [2.75, 3.05) is 36.0 Å². The topological polar surface area (TPSA) is 83.1 Å². The second-order valence-corrected chi connectivity index (χ2v) is 10.3. The third-order valence-corrected chi connectivity index (χ3v) is 6.41. The average molecular weight is 519 g/mol. The van der Waals surface area contributed by atoms with E-state index in [9.17, 15) is 27.2 Å². The Balaban J connectivity index is 1.35. The Morgan fingerprint density at radius 1 is 1.20 bits per heavy atom. The molecule has 2 aliphatic heterocycles. The number of halogens is 4. The Morgan fingerprint density at radius 3 is 2.34 bits per heavy atom. The van der Waals surface area contributed by atoms with Gasteiger partial charge in [0.2, 0.25) is 0 Å². The molecular weight excluding hydrogens is 492 g/mol. The molecule has 8 nitrogen and oxygen atoms in total. The van der Waals surface area contributed by atoms with Crippen molar-refractivity contribution in [3.05, 3.63) is 23.8 Å². The van der Waals surface area contributed by atoms with E-state index >= 15 is 0 Å². The summed E-state index contributed by atoms with van der Waals surface area (Å²) in [4.78, 5) is 26.1. The third kappa shape index (κ3) is 5.54. The van der Waals surface area contributed by atoms with E-state index in [0.29, 0.717) is 13.1 Å². The first kappa shape index (κ1) is 25.3. The van der Waals surface area contributed by atoms with E-state index in [1.807, 2.05) is 0 Å². The molecule has 2 amide bonds. The lowest BCUT2D eigenvalue weighted by Gasteiger charge is -2.25. The highest BCUT2D eigenvalue weighted by Crippen LogP contribution is 2.48. The fourth-order valence-corrected chi connectivity index (χ4v) is 4.59. The number of nitrogens with zero attached hydrogens (tertiary/aromatic N) is 2. The molecule has 1 unspecified atom stereocenters. The van der Waals surface area contributed by atoms with Crippen LogP contribution in [-0.2, 0) is 9.47 Å². The molecule has 2 heterocycles. The third-order valence-electron chi connectivity index (χ3n) is 6.08. The first-order chi connectivity index (χ1) is 16.3.